The third-order valence-electron chi connectivity index (χ3n) is 13.4. The van der Waals surface area contributed by atoms with E-state index in [0.29, 0.717) is 37.8 Å². The fraction of sp³-hybridized carbons (Fsp3) is 0.388. The molecule has 15 nitrogen and oxygen atoms in total. The van der Waals surface area contributed by atoms with E-state index in [4.69, 9.17) is 24.2 Å². The molecule has 2 aromatic heterocycles. The van der Waals surface area contributed by atoms with Crippen LogP contribution in [0.2, 0.25) is 0 Å². The standard InChI is InChI=1S/C49H54N8O7/c1-6-64-26-28-22-39(57(25-28)47(59)43(55-49(61)63-5)40-34-10-7-8-11-35(34)40)45-51-36-20-18-32-23-31(17-19-33(32)42(36)53-45)29-13-15-30(16-14-29)37-24-50-44(52-37)38-12-9-21-56(38)46(58)41(27(2)3)54-48(60)62-4/h6-8,10-11,13-20,23-24,27-28,34-35,38-41,43H,1,9,12,21-22,25-26H2,2-5H3,(H,50,52)(H,51,53)(H,54,60)(H,55,61)/t28-,34?,35?,38-,39-,40?,41-,43+/m0/s1. The molecule has 64 heavy (non-hydrogen) atoms. The molecule has 2 aliphatic carbocycles. The van der Waals surface area contributed by atoms with Crippen LogP contribution in [0, 0.1) is 29.6 Å². The summed E-state index contributed by atoms with van der Waals surface area (Å²) in [6.45, 7) is 8.95. The van der Waals surface area contributed by atoms with Gasteiger partial charge in [0.1, 0.15) is 23.7 Å². The van der Waals surface area contributed by atoms with Gasteiger partial charge in [-0.25, -0.2) is 19.6 Å². The Morgan fingerprint density at radius 1 is 0.859 bits per heavy atom. The van der Waals surface area contributed by atoms with Gasteiger partial charge in [-0.05, 0) is 71.2 Å². The van der Waals surface area contributed by atoms with Gasteiger partial charge in [0, 0.05) is 30.3 Å². The van der Waals surface area contributed by atoms with E-state index in [9.17, 15) is 19.2 Å². The zero-order valence-electron chi connectivity index (χ0n) is 36.5. The molecule has 4 heterocycles. The fourth-order valence-corrected chi connectivity index (χ4v) is 10.0. The highest BCUT2D eigenvalue weighted by molar-refractivity contribution is 6.05. The van der Waals surface area contributed by atoms with Crippen molar-refractivity contribution in [1.82, 2.24) is 40.4 Å². The average Bonchev–Trinajstić information content (AvgIpc) is 3.91. The van der Waals surface area contributed by atoms with Gasteiger partial charge in [0.25, 0.3) is 0 Å². The molecule has 3 aromatic carbocycles. The molecular formula is C49H54N8O7. The summed E-state index contributed by atoms with van der Waals surface area (Å²) in [6.07, 6.45) is 12.4. The van der Waals surface area contributed by atoms with Crippen molar-refractivity contribution < 1.29 is 33.4 Å². The smallest absolute Gasteiger partial charge is 0.407 e. The summed E-state index contributed by atoms with van der Waals surface area (Å²) in [4.78, 5) is 73.3. The van der Waals surface area contributed by atoms with Crippen LogP contribution in [-0.4, -0.2) is 99.7 Å². The number of nitrogens with zero attached hydrogens (tertiary/aromatic N) is 4. The summed E-state index contributed by atoms with van der Waals surface area (Å²) in [6, 6.07) is 16.7. The minimum Gasteiger partial charge on any atom is -0.501 e. The third-order valence-corrected chi connectivity index (χ3v) is 13.4. The second kappa shape index (κ2) is 17.7. The third kappa shape index (κ3) is 8.10. The Morgan fingerprint density at radius 2 is 1.58 bits per heavy atom. The Balaban J connectivity index is 0.933. The lowest BCUT2D eigenvalue weighted by molar-refractivity contribution is -0.136. The Morgan fingerprint density at radius 3 is 2.30 bits per heavy atom. The van der Waals surface area contributed by atoms with E-state index in [1.54, 1.807) is 6.20 Å². The van der Waals surface area contributed by atoms with Crippen LogP contribution in [0.25, 0.3) is 44.2 Å². The lowest BCUT2D eigenvalue weighted by atomic mass is 9.99. The molecule has 2 saturated heterocycles. The molecule has 0 bridgehead atoms. The maximum atomic E-state index is 14.6. The molecule has 2 aliphatic heterocycles. The predicted molar refractivity (Wildman–Crippen MR) is 241 cm³/mol. The number of amides is 4. The molecular weight excluding hydrogens is 813 g/mol. The molecule has 1 saturated carbocycles. The zero-order valence-corrected chi connectivity index (χ0v) is 36.5. The molecule has 9 rings (SSSR count). The summed E-state index contributed by atoms with van der Waals surface area (Å²) >= 11 is 0. The van der Waals surface area contributed by atoms with Crippen molar-refractivity contribution >= 4 is 45.8 Å². The van der Waals surface area contributed by atoms with Gasteiger partial charge in [0.2, 0.25) is 11.8 Å². The monoisotopic (exact) mass is 866 g/mol. The number of hydrogen-bond acceptors (Lipinski definition) is 9. The average molecular weight is 867 g/mol. The number of alkyl carbamates (subject to hydrolysis) is 2. The lowest BCUT2D eigenvalue weighted by Gasteiger charge is -2.30. The Hall–Kier alpha value is -6.90. The van der Waals surface area contributed by atoms with Gasteiger partial charge in [-0.15, -0.1) is 0 Å². The first-order valence-corrected chi connectivity index (χ1v) is 22.0. The number of aromatic nitrogens is 4. The van der Waals surface area contributed by atoms with Crippen molar-refractivity contribution in [3.8, 4) is 22.4 Å². The van der Waals surface area contributed by atoms with Gasteiger partial charge in [-0.3, -0.25) is 9.59 Å². The number of hydrogen-bond donors (Lipinski definition) is 4. The van der Waals surface area contributed by atoms with Crippen LogP contribution >= 0.6 is 0 Å². The number of H-pyrrole nitrogens is 2. The number of imidazole rings is 2. The summed E-state index contributed by atoms with van der Waals surface area (Å²) in [5.41, 5.74) is 5.59. The summed E-state index contributed by atoms with van der Waals surface area (Å²) in [5, 5.41) is 7.59. The van der Waals surface area contributed by atoms with E-state index < -0.39 is 24.3 Å². The van der Waals surface area contributed by atoms with Crippen molar-refractivity contribution in [2.45, 2.75) is 57.3 Å². The highest BCUT2D eigenvalue weighted by Gasteiger charge is 2.56. The Labute approximate surface area is 371 Å². The second-order valence-corrected chi connectivity index (χ2v) is 17.5. The minimum absolute atomic E-state index is 0.0374. The number of allylic oxidation sites excluding steroid dienone is 4. The highest BCUT2D eigenvalue weighted by Crippen LogP contribution is 2.53. The molecule has 4 N–H and O–H groups in total. The largest absolute Gasteiger partial charge is 0.501 e. The van der Waals surface area contributed by atoms with Crippen LogP contribution < -0.4 is 10.6 Å². The molecule has 3 fully saturated rings. The van der Waals surface area contributed by atoms with Gasteiger partial charge < -0.3 is 44.6 Å². The summed E-state index contributed by atoms with van der Waals surface area (Å²) in [7, 11) is 2.60. The molecule has 4 aliphatic rings. The van der Waals surface area contributed by atoms with Gasteiger partial charge in [0.15, 0.2) is 0 Å². The van der Waals surface area contributed by atoms with Crippen LogP contribution in [0.5, 0.6) is 0 Å². The first kappa shape index (κ1) is 42.4. The second-order valence-electron chi connectivity index (χ2n) is 17.5. The maximum absolute atomic E-state index is 14.6. The van der Waals surface area contributed by atoms with Crippen molar-refractivity contribution in [3.63, 3.8) is 0 Å². The fourth-order valence-electron chi connectivity index (χ4n) is 10.0. The number of carbonyl (C=O) groups is 4. The van der Waals surface area contributed by atoms with E-state index in [-0.39, 0.29) is 53.5 Å². The molecule has 2 unspecified atom stereocenters. The number of methoxy groups -OCH3 is 2. The van der Waals surface area contributed by atoms with E-state index in [1.807, 2.05) is 41.9 Å². The zero-order chi connectivity index (χ0) is 44.6. The van der Waals surface area contributed by atoms with Crippen LogP contribution in [0.15, 0.2) is 97.9 Å². The number of carbonyl (C=O) groups excluding carboxylic acids is 4. The number of benzene rings is 3. The molecule has 7 atom stereocenters. The topological polar surface area (TPSA) is 184 Å². The molecule has 0 spiro atoms. The SMILES string of the molecule is C=COC[C@H]1C[C@@H](c2nc3c(ccc4cc(-c5ccc(-c6cnc([C@@H]7CCCN7C(=O)[C@@H](NC(=O)OC)C(C)C)[nH]6)cc5)ccc43)[nH]2)N(C(=O)[C@H](NC(=O)OC)C2C3C=CC=CC32)C1. The molecule has 15 heteroatoms. The quantitative estimate of drug-likeness (QED) is 0.0867. The van der Waals surface area contributed by atoms with Crippen molar-refractivity contribution in [2.75, 3.05) is 33.9 Å². The number of aromatic amines is 2. The van der Waals surface area contributed by atoms with Gasteiger partial charge >= 0.3 is 12.2 Å². The predicted octanol–water partition coefficient (Wildman–Crippen LogP) is 7.58. The molecule has 4 amide bonds. The normalized spacial score (nSPS) is 23.2. The first-order valence-electron chi connectivity index (χ1n) is 22.0. The van der Waals surface area contributed by atoms with Crippen molar-refractivity contribution in [3.05, 3.63) is 110 Å². The Bertz CT molecular complexity index is 2630. The number of rotatable bonds is 13. The summed E-state index contributed by atoms with van der Waals surface area (Å²) in [5.74, 6) is 1.31. The van der Waals surface area contributed by atoms with Crippen molar-refractivity contribution in [1.29, 1.82) is 0 Å². The van der Waals surface area contributed by atoms with E-state index in [2.05, 4.69) is 87.9 Å². The number of ether oxygens (including phenoxy) is 3. The van der Waals surface area contributed by atoms with Crippen LogP contribution in [0.4, 0.5) is 9.59 Å². The number of fused-ring (bicyclic) bond motifs is 4. The molecule has 332 valence electrons. The van der Waals surface area contributed by atoms with Gasteiger partial charge in [-0.2, -0.15) is 0 Å². The van der Waals surface area contributed by atoms with Gasteiger partial charge in [0.05, 0.1) is 62.1 Å². The van der Waals surface area contributed by atoms with Gasteiger partial charge in [-0.1, -0.05) is 87.2 Å². The van der Waals surface area contributed by atoms with Crippen LogP contribution in [-0.2, 0) is 23.8 Å². The Kier molecular flexibility index (Phi) is 11.7. The molecule has 5 aromatic rings. The first-order chi connectivity index (χ1) is 31.1. The number of likely N-dealkylation sites (tertiary alicyclic amines) is 2. The maximum Gasteiger partial charge on any atom is 0.407 e. The molecule has 0 radical (unpaired) electrons. The lowest BCUT2D eigenvalue weighted by Crippen LogP contribution is -2.51. The van der Waals surface area contributed by atoms with E-state index in [0.717, 1.165) is 57.0 Å². The number of nitrogens with one attached hydrogen (secondary N) is 4. The summed E-state index contributed by atoms with van der Waals surface area (Å²) < 4.78 is 15.4. The minimum atomic E-state index is -0.756. The van der Waals surface area contributed by atoms with Crippen LogP contribution in [0.3, 0.4) is 0 Å². The van der Waals surface area contributed by atoms with E-state index in [1.165, 1.54) is 20.5 Å². The van der Waals surface area contributed by atoms with E-state index >= 15 is 0 Å². The van der Waals surface area contributed by atoms with Crippen LogP contribution in [0.1, 0.15) is 56.8 Å². The highest BCUT2D eigenvalue weighted by atomic mass is 16.5. The van der Waals surface area contributed by atoms with Crippen molar-refractivity contribution in [2.24, 2.45) is 29.6 Å².